The highest BCUT2D eigenvalue weighted by Crippen LogP contribution is 2.33. The van der Waals surface area contributed by atoms with Gasteiger partial charge in [0.1, 0.15) is 11.5 Å². The number of aryl methyl sites for hydroxylation is 2. The third-order valence-electron chi connectivity index (χ3n) is 3.69. The van der Waals surface area contributed by atoms with E-state index in [0.717, 1.165) is 11.4 Å². The summed E-state index contributed by atoms with van der Waals surface area (Å²) in [5.41, 5.74) is 7.44. The van der Waals surface area contributed by atoms with E-state index >= 15 is 0 Å². The number of methoxy groups -OCH3 is 2. The topological polar surface area (TPSA) is 111 Å². The van der Waals surface area contributed by atoms with E-state index in [4.69, 9.17) is 14.0 Å². The highest BCUT2D eigenvalue weighted by Gasteiger charge is 2.17. The minimum atomic E-state index is -0.491. The van der Waals surface area contributed by atoms with Crippen molar-refractivity contribution in [2.75, 3.05) is 19.6 Å². The molecule has 0 unspecified atom stereocenters. The summed E-state index contributed by atoms with van der Waals surface area (Å²) >= 11 is 0. The molecular weight excluding hydrogens is 350 g/mol. The molecule has 0 saturated carbocycles. The summed E-state index contributed by atoms with van der Waals surface area (Å²) in [6.45, 7) is 3.68. The van der Waals surface area contributed by atoms with Crippen LogP contribution in [0.3, 0.4) is 0 Å². The molecule has 140 valence electrons. The Balaban J connectivity index is 1.76. The van der Waals surface area contributed by atoms with E-state index in [-0.39, 0.29) is 5.69 Å². The van der Waals surface area contributed by atoms with Gasteiger partial charge in [-0.25, -0.2) is 9.97 Å². The van der Waals surface area contributed by atoms with Gasteiger partial charge in [0.25, 0.3) is 5.91 Å². The molecule has 0 spiro atoms. The van der Waals surface area contributed by atoms with Gasteiger partial charge >= 0.3 is 0 Å². The van der Waals surface area contributed by atoms with Crippen molar-refractivity contribution in [3.05, 3.63) is 47.4 Å². The Hall–Kier alpha value is -3.62. The van der Waals surface area contributed by atoms with Crippen molar-refractivity contribution in [3.63, 3.8) is 0 Å². The van der Waals surface area contributed by atoms with Crippen LogP contribution in [-0.4, -0.2) is 35.3 Å². The monoisotopic (exact) mass is 369 g/mol. The normalized spacial score (nSPS) is 10.4. The van der Waals surface area contributed by atoms with Gasteiger partial charge in [0, 0.05) is 17.5 Å². The van der Waals surface area contributed by atoms with Crippen molar-refractivity contribution in [3.8, 4) is 22.8 Å². The quantitative estimate of drug-likeness (QED) is 0.638. The number of carbonyl (C=O) groups excluding carboxylic acids is 1. The summed E-state index contributed by atoms with van der Waals surface area (Å²) in [5, 5.41) is 3.81. The highest BCUT2D eigenvalue weighted by atomic mass is 16.5. The van der Waals surface area contributed by atoms with E-state index in [9.17, 15) is 4.79 Å². The molecule has 27 heavy (non-hydrogen) atoms. The van der Waals surface area contributed by atoms with Crippen molar-refractivity contribution in [1.29, 1.82) is 0 Å². The Morgan fingerprint density at radius 3 is 2.44 bits per heavy atom. The van der Waals surface area contributed by atoms with Gasteiger partial charge in [0.15, 0.2) is 11.5 Å². The number of amides is 1. The lowest BCUT2D eigenvalue weighted by atomic mass is 10.1. The Labute approximate surface area is 155 Å². The fourth-order valence-electron chi connectivity index (χ4n) is 2.47. The number of hydrazine groups is 1. The Kier molecular flexibility index (Phi) is 5.20. The van der Waals surface area contributed by atoms with Crippen molar-refractivity contribution < 1.29 is 18.8 Å². The first-order valence-electron chi connectivity index (χ1n) is 8.08. The summed E-state index contributed by atoms with van der Waals surface area (Å²) in [6.07, 6.45) is 0. The van der Waals surface area contributed by atoms with E-state index in [2.05, 4.69) is 26.0 Å². The predicted molar refractivity (Wildman–Crippen MR) is 97.6 cm³/mol. The van der Waals surface area contributed by atoms with Crippen LogP contribution in [-0.2, 0) is 0 Å². The second-order valence-corrected chi connectivity index (χ2v) is 5.70. The van der Waals surface area contributed by atoms with Crippen LogP contribution in [0.25, 0.3) is 11.3 Å². The zero-order valence-electron chi connectivity index (χ0n) is 15.4. The smallest absolute Gasteiger partial charge is 0.291 e. The minimum Gasteiger partial charge on any atom is -0.497 e. The lowest BCUT2D eigenvalue weighted by Gasteiger charge is -2.07. The summed E-state index contributed by atoms with van der Waals surface area (Å²) in [4.78, 5) is 20.7. The predicted octanol–water partition coefficient (Wildman–Crippen LogP) is 2.52. The van der Waals surface area contributed by atoms with E-state index < -0.39 is 5.91 Å². The zero-order valence-corrected chi connectivity index (χ0v) is 15.4. The van der Waals surface area contributed by atoms with Gasteiger partial charge in [-0.2, -0.15) is 0 Å². The molecule has 0 atom stereocenters. The number of hydrogen-bond acceptors (Lipinski definition) is 8. The summed E-state index contributed by atoms with van der Waals surface area (Å²) < 4.78 is 15.8. The number of aromatic nitrogens is 3. The van der Waals surface area contributed by atoms with Crippen LogP contribution in [0, 0.1) is 13.8 Å². The number of carbonyl (C=O) groups is 1. The number of rotatable bonds is 6. The van der Waals surface area contributed by atoms with Crippen LogP contribution in [0.4, 0.5) is 5.95 Å². The van der Waals surface area contributed by atoms with Gasteiger partial charge in [-0.05, 0) is 38.1 Å². The lowest BCUT2D eigenvalue weighted by molar-refractivity contribution is 0.0953. The molecule has 3 rings (SSSR count). The average Bonchev–Trinajstić information content (AvgIpc) is 3.15. The van der Waals surface area contributed by atoms with E-state index in [1.54, 1.807) is 32.4 Å². The molecule has 3 aromatic rings. The molecule has 9 nitrogen and oxygen atoms in total. The first-order valence-corrected chi connectivity index (χ1v) is 8.08. The number of benzene rings is 1. The second-order valence-electron chi connectivity index (χ2n) is 5.70. The van der Waals surface area contributed by atoms with Crippen LogP contribution >= 0.6 is 0 Å². The fraction of sp³-hybridized carbons (Fsp3) is 0.222. The molecule has 9 heteroatoms. The van der Waals surface area contributed by atoms with Gasteiger partial charge in [0.2, 0.25) is 5.95 Å². The molecule has 0 fully saturated rings. The van der Waals surface area contributed by atoms with Crippen LogP contribution in [0.5, 0.6) is 11.5 Å². The van der Waals surface area contributed by atoms with Gasteiger partial charge in [0.05, 0.1) is 19.8 Å². The molecule has 2 heterocycles. The average molecular weight is 369 g/mol. The van der Waals surface area contributed by atoms with E-state index in [0.29, 0.717) is 28.8 Å². The van der Waals surface area contributed by atoms with Crippen LogP contribution in [0.1, 0.15) is 21.9 Å². The third-order valence-corrected chi connectivity index (χ3v) is 3.69. The first kappa shape index (κ1) is 18.2. The van der Waals surface area contributed by atoms with Gasteiger partial charge < -0.3 is 14.0 Å². The Morgan fingerprint density at radius 1 is 1.04 bits per heavy atom. The molecule has 2 aromatic heterocycles. The number of anilines is 1. The molecule has 0 radical (unpaired) electrons. The lowest BCUT2D eigenvalue weighted by Crippen LogP contribution is -2.30. The van der Waals surface area contributed by atoms with Gasteiger partial charge in [-0.15, -0.1) is 0 Å². The minimum absolute atomic E-state index is 0.0896. The van der Waals surface area contributed by atoms with Crippen molar-refractivity contribution in [2.45, 2.75) is 13.8 Å². The first-order chi connectivity index (χ1) is 13.0. The molecule has 0 aliphatic carbocycles. The Bertz CT molecular complexity index is 950. The summed E-state index contributed by atoms with van der Waals surface area (Å²) in [6, 6.07) is 8.59. The molecule has 2 N–H and O–H groups in total. The van der Waals surface area contributed by atoms with E-state index in [1.165, 1.54) is 6.07 Å². The van der Waals surface area contributed by atoms with Crippen molar-refractivity contribution >= 4 is 11.9 Å². The van der Waals surface area contributed by atoms with Crippen molar-refractivity contribution in [2.24, 2.45) is 0 Å². The fourth-order valence-corrected chi connectivity index (χ4v) is 2.47. The largest absolute Gasteiger partial charge is 0.497 e. The van der Waals surface area contributed by atoms with Gasteiger partial charge in [-0.3, -0.25) is 15.6 Å². The van der Waals surface area contributed by atoms with Crippen molar-refractivity contribution in [1.82, 2.24) is 20.6 Å². The van der Waals surface area contributed by atoms with Crippen LogP contribution < -0.4 is 20.3 Å². The number of nitrogens with one attached hydrogen (secondary N) is 2. The zero-order chi connectivity index (χ0) is 19.4. The standard InChI is InChI=1S/C18H19N5O4/c1-10-7-11(2)20-18(19-10)22-21-17(24)14-9-16(27-23-14)13-8-12(25-3)5-6-15(13)26-4/h5-9H,1-4H3,(H,21,24)(H,19,20,22). The van der Waals surface area contributed by atoms with Gasteiger partial charge in [-0.1, -0.05) is 5.16 Å². The molecular formula is C18H19N5O4. The molecule has 1 aromatic carbocycles. The number of hydrogen-bond donors (Lipinski definition) is 2. The summed E-state index contributed by atoms with van der Waals surface area (Å²) in [5.74, 6) is 1.37. The molecule has 0 saturated heterocycles. The second kappa shape index (κ2) is 7.73. The molecule has 1 amide bonds. The molecule has 0 aliphatic rings. The SMILES string of the molecule is COc1ccc(OC)c(-c2cc(C(=O)NNc3nc(C)cc(C)n3)no2)c1. The molecule has 0 bridgehead atoms. The number of ether oxygens (including phenoxy) is 2. The summed E-state index contributed by atoms with van der Waals surface area (Å²) in [7, 11) is 3.11. The Morgan fingerprint density at radius 2 is 1.78 bits per heavy atom. The maximum Gasteiger partial charge on any atom is 0.291 e. The third kappa shape index (κ3) is 4.14. The van der Waals surface area contributed by atoms with Crippen LogP contribution in [0.2, 0.25) is 0 Å². The van der Waals surface area contributed by atoms with Crippen LogP contribution in [0.15, 0.2) is 34.9 Å². The molecule has 0 aliphatic heterocycles. The number of nitrogens with zero attached hydrogens (tertiary/aromatic N) is 3. The highest BCUT2D eigenvalue weighted by molar-refractivity contribution is 5.93. The maximum atomic E-state index is 12.3. The maximum absolute atomic E-state index is 12.3. The van der Waals surface area contributed by atoms with E-state index in [1.807, 2.05) is 19.9 Å².